The first-order valence-electron chi connectivity index (χ1n) is 6.57. The Balaban J connectivity index is 2.42. The fraction of sp³-hybridized carbons (Fsp3) is 0.750. The molecule has 21 heavy (non-hydrogen) atoms. The van der Waals surface area contributed by atoms with Crippen molar-refractivity contribution in [2.75, 3.05) is 26.9 Å². The number of carbonyl (C=O) groups is 3. The van der Waals surface area contributed by atoms with Gasteiger partial charge in [0.1, 0.15) is 11.6 Å². The molecule has 1 rings (SSSR count). The SMILES string of the molecule is COC1(CNC(=O)N[C@@H](CCC(N)=O)C(=O)O)CCOC1. The van der Waals surface area contributed by atoms with Crippen molar-refractivity contribution in [3.63, 3.8) is 0 Å². The van der Waals surface area contributed by atoms with Crippen LogP contribution >= 0.6 is 0 Å². The van der Waals surface area contributed by atoms with Crippen molar-refractivity contribution in [2.24, 2.45) is 5.73 Å². The fourth-order valence-electron chi connectivity index (χ4n) is 1.96. The Labute approximate surface area is 122 Å². The third kappa shape index (κ3) is 5.56. The number of nitrogens with two attached hydrogens (primary N) is 1. The molecule has 0 spiro atoms. The Hall–Kier alpha value is -1.87. The zero-order chi connectivity index (χ0) is 15.9. The molecule has 9 heteroatoms. The number of aliphatic carboxylic acids is 1. The quantitative estimate of drug-likeness (QED) is 0.444. The van der Waals surface area contributed by atoms with Crippen molar-refractivity contribution >= 4 is 17.9 Å². The summed E-state index contributed by atoms with van der Waals surface area (Å²) in [6.07, 6.45) is 0.470. The van der Waals surface area contributed by atoms with Gasteiger partial charge in [-0.3, -0.25) is 4.79 Å². The molecule has 1 heterocycles. The molecule has 0 bridgehead atoms. The minimum Gasteiger partial charge on any atom is -0.480 e. The molecule has 0 saturated carbocycles. The van der Waals surface area contributed by atoms with Crippen molar-refractivity contribution in [3.05, 3.63) is 0 Å². The number of carboxylic acids is 1. The summed E-state index contributed by atoms with van der Waals surface area (Å²) in [5.74, 6) is -1.85. The third-order valence-electron chi connectivity index (χ3n) is 3.35. The summed E-state index contributed by atoms with van der Waals surface area (Å²) in [5, 5.41) is 13.8. The highest BCUT2D eigenvalue weighted by Gasteiger charge is 2.35. The molecular formula is C12H21N3O6. The average Bonchev–Trinajstić information content (AvgIpc) is 2.90. The van der Waals surface area contributed by atoms with Gasteiger partial charge < -0.3 is 30.9 Å². The van der Waals surface area contributed by atoms with Gasteiger partial charge in [-0.1, -0.05) is 0 Å². The zero-order valence-corrected chi connectivity index (χ0v) is 11.9. The molecule has 1 unspecified atom stereocenters. The van der Waals surface area contributed by atoms with Crippen LogP contribution in [-0.4, -0.2) is 61.5 Å². The lowest BCUT2D eigenvalue weighted by molar-refractivity contribution is -0.139. The number of amides is 3. The van der Waals surface area contributed by atoms with Gasteiger partial charge in [0.15, 0.2) is 0 Å². The first-order valence-corrected chi connectivity index (χ1v) is 6.57. The summed E-state index contributed by atoms with van der Waals surface area (Å²) in [7, 11) is 1.53. The van der Waals surface area contributed by atoms with E-state index in [0.29, 0.717) is 19.6 Å². The van der Waals surface area contributed by atoms with Crippen molar-refractivity contribution in [1.29, 1.82) is 0 Å². The van der Waals surface area contributed by atoms with Crippen LogP contribution in [0.2, 0.25) is 0 Å². The maximum absolute atomic E-state index is 11.7. The molecule has 1 saturated heterocycles. The Morgan fingerprint density at radius 3 is 2.67 bits per heavy atom. The number of methoxy groups -OCH3 is 1. The van der Waals surface area contributed by atoms with E-state index < -0.39 is 29.6 Å². The molecule has 9 nitrogen and oxygen atoms in total. The Morgan fingerprint density at radius 2 is 2.19 bits per heavy atom. The average molecular weight is 303 g/mol. The van der Waals surface area contributed by atoms with Crippen molar-refractivity contribution in [3.8, 4) is 0 Å². The maximum Gasteiger partial charge on any atom is 0.326 e. The van der Waals surface area contributed by atoms with Gasteiger partial charge in [-0.05, 0) is 6.42 Å². The minimum absolute atomic E-state index is 0.0589. The summed E-state index contributed by atoms with van der Waals surface area (Å²) in [6.45, 7) is 1.12. The predicted octanol–water partition coefficient (Wildman–Crippen LogP) is -1.19. The number of nitrogens with one attached hydrogen (secondary N) is 2. The lowest BCUT2D eigenvalue weighted by Crippen LogP contribution is -2.51. The van der Waals surface area contributed by atoms with Gasteiger partial charge >= 0.3 is 12.0 Å². The number of primary amides is 1. The van der Waals surface area contributed by atoms with Crippen LogP contribution in [0.15, 0.2) is 0 Å². The first-order chi connectivity index (χ1) is 9.88. The van der Waals surface area contributed by atoms with Crippen LogP contribution in [0.4, 0.5) is 4.79 Å². The van der Waals surface area contributed by atoms with E-state index in [9.17, 15) is 14.4 Å². The highest BCUT2D eigenvalue weighted by molar-refractivity contribution is 5.83. The van der Waals surface area contributed by atoms with Crippen molar-refractivity contribution in [1.82, 2.24) is 10.6 Å². The van der Waals surface area contributed by atoms with Gasteiger partial charge in [-0.25, -0.2) is 9.59 Å². The van der Waals surface area contributed by atoms with Gasteiger partial charge in [0.05, 0.1) is 13.2 Å². The lowest BCUT2D eigenvalue weighted by atomic mass is 10.0. The number of hydrogen-bond donors (Lipinski definition) is 4. The molecule has 2 atom stereocenters. The second-order valence-electron chi connectivity index (χ2n) is 4.91. The van der Waals surface area contributed by atoms with E-state index in [1.165, 1.54) is 7.11 Å². The first kappa shape index (κ1) is 17.2. The summed E-state index contributed by atoms with van der Waals surface area (Å²) < 4.78 is 10.6. The fourth-order valence-corrected chi connectivity index (χ4v) is 1.96. The topological polar surface area (TPSA) is 140 Å². The third-order valence-corrected chi connectivity index (χ3v) is 3.35. The molecule has 0 aromatic heterocycles. The van der Waals surface area contributed by atoms with E-state index in [2.05, 4.69) is 10.6 Å². The summed E-state index contributed by atoms with van der Waals surface area (Å²) in [6, 6.07) is -1.81. The number of urea groups is 1. The Bertz CT molecular complexity index is 394. The van der Waals surface area contributed by atoms with E-state index >= 15 is 0 Å². The second-order valence-corrected chi connectivity index (χ2v) is 4.91. The molecule has 3 amide bonds. The van der Waals surface area contributed by atoms with Crippen LogP contribution in [-0.2, 0) is 19.1 Å². The molecule has 0 aromatic carbocycles. The largest absolute Gasteiger partial charge is 0.480 e. The molecule has 0 aliphatic carbocycles. The van der Waals surface area contributed by atoms with E-state index in [1.807, 2.05) is 0 Å². The smallest absolute Gasteiger partial charge is 0.326 e. The normalized spacial score (nSPS) is 22.5. The summed E-state index contributed by atoms with van der Waals surface area (Å²) >= 11 is 0. The van der Waals surface area contributed by atoms with Gasteiger partial charge in [0, 0.05) is 26.6 Å². The number of carboxylic acid groups (broad SMARTS) is 1. The van der Waals surface area contributed by atoms with Gasteiger partial charge in [-0.15, -0.1) is 0 Å². The van der Waals surface area contributed by atoms with Crippen LogP contribution in [0.5, 0.6) is 0 Å². The predicted molar refractivity (Wildman–Crippen MR) is 71.6 cm³/mol. The summed E-state index contributed by atoms with van der Waals surface area (Å²) in [4.78, 5) is 33.4. The van der Waals surface area contributed by atoms with E-state index in [0.717, 1.165) is 0 Å². The highest BCUT2D eigenvalue weighted by Crippen LogP contribution is 2.21. The second kappa shape index (κ2) is 7.79. The Morgan fingerprint density at radius 1 is 1.48 bits per heavy atom. The zero-order valence-electron chi connectivity index (χ0n) is 11.9. The molecule has 120 valence electrons. The molecular weight excluding hydrogens is 282 g/mol. The molecule has 1 fully saturated rings. The summed E-state index contributed by atoms with van der Waals surface area (Å²) in [5.41, 5.74) is 4.38. The van der Waals surface area contributed by atoms with Gasteiger partial charge in [0.2, 0.25) is 5.91 Å². The lowest BCUT2D eigenvalue weighted by Gasteiger charge is -2.26. The number of rotatable bonds is 8. The number of carbonyl (C=O) groups excluding carboxylic acids is 2. The van der Waals surface area contributed by atoms with E-state index in [-0.39, 0.29) is 19.4 Å². The van der Waals surface area contributed by atoms with Crippen molar-refractivity contribution in [2.45, 2.75) is 30.9 Å². The number of hydrogen-bond acceptors (Lipinski definition) is 5. The standard InChI is InChI=1S/C12H21N3O6/c1-20-12(4-5-21-7-12)6-14-11(19)15-8(10(17)18)2-3-9(13)16/h8H,2-7H2,1H3,(H2,13,16)(H,17,18)(H2,14,15,19)/t8-,12?/m0/s1. The van der Waals surface area contributed by atoms with Gasteiger partial charge in [0.25, 0.3) is 0 Å². The molecule has 0 radical (unpaired) electrons. The Kier molecular flexibility index (Phi) is 6.38. The van der Waals surface area contributed by atoms with Crippen LogP contribution in [0.3, 0.4) is 0 Å². The number of ether oxygens (including phenoxy) is 2. The van der Waals surface area contributed by atoms with Crippen LogP contribution < -0.4 is 16.4 Å². The van der Waals surface area contributed by atoms with Crippen LogP contribution in [0, 0.1) is 0 Å². The van der Waals surface area contributed by atoms with Crippen molar-refractivity contribution < 1.29 is 29.0 Å². The molecule has 5 N–H and O–H groups in total. The monoisotopic (exact) mass is 303 g/mol. The highest BCUT2D eigenvalue weighted by atomic mass is 16.5. The van der Waals surface area contributed by atoms with Gasteiger partial charge in [-0.2, -0.15) is 0 Å². The van der Waals surface area contributed by atoms with E-state index in [1.54, 1.807) is 0 Å². The van der Waals surface area contributed by atoms with Crippen LogP contribution in [0.1, 0.15) is 19.3 Å². The maximum atomic E-state index is 11.7. The minimum atomic E-state index is -1.22. The molecule has 1 aliphatic rings. The van der Waals surface area contributed by atoms with Crippen LogP contribution in [0.25, 0.3) is 0 Å². The molecule has 1 aliphatic heterocycles. The molecule has 0 aromatic rings. The van der Waals surface area contributed by atoms with E-state index in [4.69, 9.17) is 20.3 Å².